The summed E-state index contributed by atoms with van der Waals surface area (Å²) in [6.07, 6.45) is 6.62. The van der Waals surface area contributed by atoms with Gasteiger partial charge >= 0.3 is 0 Å². The third-order valence-electron chi connectivity index (χ3n) is 6.09. The number of methoxy groups -OCH3 is 1. The first kappa shape index (κ1) is 22.2. The molecule has 2 aromatic rings. The highest BCUT2D eigenvalue weighted by molar-refractivity contribution is 5.81. The summed E-state index contributed by atoms with van der Waals surface area (Å²) in [6.45, 7) is 1.70. The highest BCUT2D eigenvalue weighted by atomic mass is 16.5. The molecule has 1 saturated carbocycles. The summed E-state index contributed by atoms with van der Waals surface area (Å²) in [5, 5.41) is 3.37. The van der Waals surface area contributed by atoms with E-state index in [9.17, 15) is 4.79 Å². The molecule has 0 atom stereocenters. The minimum absolute atomic E-state index is 0.0522. The van der Waals surface area contributed by atoms with Gasteiger partial charge < -0.3 is 15.0 Å². The minimum atomic E-state index is 0.0522. The monoisotopic (exact) mass is 409 g/mol. The van der Waals surface area contributed by atoms with E-state index in [4.69, 9.17) is 4.74 Å². The van der Waals surface area contributed by atoms with Crippen LogP contribution in [0.5, 0.6) is 5.75 Å². The second-order valence-corrected chi connectivity index (χ2v) is 8.28. The zero-order valence-corrected chi connectivity index (χ0v) is 18.6. The number of ether oxygens (including phenoxy) is 1. The van der Waals surface area contributed by atoms with E-state index in [0.717, 1.165) is 23.5 Å². The van der Waals surface area contributed by atoms with Crippen LogP contribution < -0.4 is 10.1 Å². The Balaban J connectivity index is 1.56. The van der Waals surface area contributed by atoms with E-state index in [1.165, 1.54) is 37.7 Å². The Hall–Kier alpha value is -2.53. The summed E-state index contributed by atoms with van der Waals surface area (Å²) >= 11 is 0. The molecule has 30 heavy (non-hydrogen) atoms. The van der Waals surface area contributed by atoms with Gasteiger partial charge in [0.05, 0.1) is 13.7 Å². The van der Waals surface area contributed by atoms with Gasteiger partial charge in [-0.05, 0) is 37.6 Å². The Morgan fingerprint density at radius 2 is 1.63 bits per heavy atom. The average molecular weight is 410 g/mol. The highest BCUT2D eigenvalue weighted by Crippen LogP contribution is 2.25. The summed E-state index contributed by atoms with van der Waals surface area (Å²) in [6, 6.07) is 16.8. The van der Waals surface area contributed by atoms with Crippen molar-refractivity contribution in [2.24, 2.45) is 0 Å². The van der Waals surface area contributed by atoms with Crippen LogP contribution in [0.15, 0.2) is 48.5 Å². The Bertz CT molecular complexity index is 818. The third-order valence-corrected chi connectivity index (χ3v) is 6.09. The van der Waals surface area contributed by atoms with E-state index >= 15 is 0 Å². The van der Waals surface area contributed by atoms with Crippen LogP contribution in [0, 0.1) is 0 Å². The first-order valence-corrected chi connectivity index (χ1v) is 11.0. The quantitative estimate of drug-likeness (QED) is 0.661. The van der Waals surface area contributed by atoms with Crippen LogP contribution in [-0.2, 0) is 17.9 Å². The number of hydrogen-bond acceptors (Lipinski definition) is 4. The molecule has 1 aliphatic carbocycles. The summed E-state index contributed by atoms with van der Waals surface area (Å²) < 4.78 is 5.40. The van der Waals surface area contributed by atoms with Gasteiger partial charge in [-0.2, -0.15) is 0 Å². The van der Waals surface area contributed by atoms with Crippen LogP contribution in [0.1, 0.15) is 43.2 Å². The maximum atomic E-state index is 12.7. The van der Waals surface area contributed by atoms with Crippen molar-refractivity contribution in [2.75, 3.05) is 33.1 Å². The number of nitrogens with one attached hydrogen (secondary N) is 1. The lowest BCUT2D eigenvalue weighted by Gasteiger charge is -2.31. The van der Waals surface area contributed by atoms with Crippen LogP contribution in [0.2, 0.25) is 0 Å². The molecule has 162 valence electrons. The van der Waals surface area contributed by atoms with E-state index < -0.39 is 0 Å². The van der Waals surface area contributed by atoms with Crippen molar-refractivity contribution in [1.29, 1.82) is 0 Å². The lowest BCUT2D eigenvalue weighted by atomic mass is 9.94. The SMILES string of the molecule is COc1ccccc1CN(C)C(=O)CNc1ccccc1CN(C)C1CCCCC1. The molecule has 1 aliphatic rings. The molecule has 0 saturated heterocycles. The number of carbonyl (C=O) groups excluding carboxylic acids is 1. The Labute approximate surface area is 181 Å². The van der Waals surface area contributed by atoms with Gasteiger partial charge in [0.15, 0.2) is 0 Å². The lowest BCUT2D eigenvalue weighted by molar-refractivity contribution is -0.128. The Morgan fingerprint density at radius 3 is 2.37 bits per heavy atom. The predicted octanol–water partition coefficient (Wildman–Crippen LogP) is 4.53. The average Bonchev–Trinajstić information content (AvgIpc) is 2.79. The number of para-hydroxylation sites is 2. The fourth-order valence-corrected chi connectivity index (χ4v) is 4.23. The van der Waals surface area contributed by atoms with Crippen molar-refractivity contribution in [2.45, 2.75) is 51.2 Å². The van der Waals surface area contributed by atoms with Gasteiger partial charge in [0.25, 0.3) is 0 Å². The molecule has 0 aromatic heterocycles. The van der Waals surface area contributed by atoms with Gasteiger partial charge in [0, 0.05) is 37.4 Å². The fraction of sp³-hybridized carbons (Fsp3) is 0.480. The summed E-state index contributed by atoms with van der Waals surface area (Å²) in [5.41, 5.74) is 3.29. The molecule has 0 bridgehead atoms. The summed E-state index contributed by atoms with van der Waals surface area (Å²) in [7, 11) is 5.71. The van der Waals surface area contributed by atoms with Crippen LogP contribution in [0.3, 0.4) is 0 Å². The second kappa shape index (κ2) is 11.0. The van der Waals surface area contributed by atoms with Gasteiger partial charge in [-0.15, -0.1) is 0 Å². The molecule has 0 radical (unpaired) electrons. The molecule has 0 aliphatic heterocycles. The van der Waals surface area contributed by atoms with Crippen molar-refractivity contribution in [3.63, 3.8) is 0 Å². The summed E-state index contributed by atoms with van der Waals surface area (Å²) in [5.74, 6) is 0.859. The molecule has 1 fully saturated rings. The molecule has 0 unspecified atom stereocenters. The van der Waals surface area contributed by atoms with E-state index in [1.807, 2.05) is 37.4 Å². The third kappa shape index (κ3) is 5.99. The maximum Gasteiger partial charge on any atom is 0.241 e. The summed E-state index contributed by atoms with van der Waals surface area (Å²) in [4.78, 5) is 16.9. The minimum Gasteiger partial charge on any atom is -0.496 e. The van der Waals surface area contributed by atoms with Gasteiger partial charge in [-0.3, -0.25) is 9.69 Å². The molecule has 0 heterocycles. The Kier molecular flexibility index (Phi) is 8.14. The van der Waals surface area contributed by atoms with Crippen molar-refractivity contribution < 1.29 is 9.53 Å². The molecule has 1 amide bonds. The number of anilines is 1. The van der Waals surface area contributed by atoms with Crippen LogP contribution in [-0.4, -0.2) is 49.5 Å². The van der Waals surface area contributed by atoms with Crippen molar-refractivity contribution in [3.05, 3.63) is 59.7 Å². The van der Waals surface area contributed by atoms with Gasteiger partial charge in [0.1, 0.15) is 5.75 Å². The lowest BCUT2D eigenvalue weighted by Crippen LogP contribution is -2.34. The number of benzene rings is 2. The number of likely N-dealkylation sites (N-methyl/N-ethyl adjacent to an activating group) is 1. The molecule has 2 aromatic carbocycles. The number of hydrogen-bond donors (Lipinski definition) is 1. The van der Waals surface area contributed by atoms with E-state index in [2.05, 4.69) is 35.5 Å². The molecular weight excluding hydrogens is 374 g/mol. The van der Waals surface area contributed by atoms with E-state index in [0.29, 0.717) is 12.6 Å². The molecule has 5 heteroatoms. The topological polar surface area (TPSA) is 44.8 Å². The predicted molar refractivity (Wildman–Crippen MR) is 123 cm³/mol. The molecule has 1 N–H and O–H groups in total. The Morgan fingerprint density at radius 1 is 0.967 bits per heavy atom. The van der Waals surface area contributed by atoms with Crippen LogP contribution in [0.25, 0.3) is 0 Å². The number of amides is 1. The molecule has 5 nitrogen and oxygen atoms in total. The number of nitrogens with zero attached hydrogens (tertiary/aromatic N) is 2. The first-order valence-electron chi connectivity index (χ1n) is 11.0. The zero-order valence-electron chi connectivity index (χ0n) is 18.6. The standard InChI is InChI=1S/C25H35N3O2/c1-27(22-13-5-4-6-14-22)18-20-11-7-9-15-23(20)26-17-25(29)28(2)19-21-12-8-10-16-24(21)30-3/h7-12,15-16,22,26H,4-6,13-14,17-19H2,1-3H3. The van der Waals surface area contributed by atoms with E-state index in [1.54, 1.807) is 12.0 Å². The first-order chi connectivity index (χ1) is 14.6. The highest BCUT2D eigenvalue weighted by Gasteiger charge is 2.19. The molecule has 0 spiro atoms. The van der Waals surface area contributed by atoms with Crippen molar-refractivity contribution >= 4 is 11.6 Å². The normalized spacial score (nSPS) is 14.5. The smallest absolute Gasteiger partial charge is 0.241 e. The van der Waals surface area contributed by atoms with E-state index in [-0.39, 0.29) is 12.5 Å². The van der Waals surface area contributed by atoms with Crippen LogP contribution >= 0.6 is 0 Å². The largest absolute Gasteiger partial charge is 0.496 e. The van der Waals surface area contributed by atoms with Crippen molar-refractivity contribution in [3.8, 4) is 5.75 Å². The fourth-order valence-electron chi connectivity index (χ4n) is 4.23. The van der Waals surface area contributed by atoms with Gasteiger partial charge in [0.2, 0.25) is 5.91 Å². The number of rotatable bonds is 9. The van der Waals surface area contributed by atoms with Gasteiger partial charge in [-0.1, -0.05) is 55.7 Å². The molecular formula is C25H35N3O2. The van der Waals surface area contributed by atoms with Crippen molar-refractivity contribution in [1.82, 2.24) is 9.80 Å². The molecule has 3 rings (SSSR count). The number of carbonyl (C=O) groups is 1. The second-order valence-electron chi connectivity index (χ2n) is 8.28. The maximum absolute atomic E-state index is 12.7. The zero-order chi connectivity index (χ0) is 21.3. The van der Waals surface area contributed by atoms with Crippen LogP contribution in [0.4, 0.5) is 5.69 Å². The van der Waals surface area contributed by atoms with Gasteiger partial charge in [-0.25, -0.2) is 0 Å².